The Hall–Kier alpha value is -2.47. The van der Waals surface area contributed by atoms with E-state index in [-0.39, 0.29) is 12.1 Å². The summed E-state index contributed by atoms with van der Waals surface area (Å²) in [4.78, 5) is 22.0. The van der Waals surface area contributed by atoms with E-state index < -0.39 is 6.10 Å². The van der Waals surface area contributed by atoms with Crippen molar-refractivity contribution in [2.45, 2.75) is 31.9 Å². The second-order valence-corrected chi connectivity index (χ2v) is 6.16. The molecule has 2 aromatic rings. The number of hydrogen-bond donors (Lipinski definition) is 2. The maximum atomic E-state index is 12.3. The number of aliphatic hydroxyl groups is 1. The fourth-order valence-electron chi connectivity index (χ4n) is 2.91. The molecule has 2 atom stereocenters. The van der Waals surface area contributed by atoms with Gasteiger partial charge < -0.3 is 15.3 Å². The van der Waals surface area contributed by atoms with Crippen molar-refractivity contribution in [3.05, 3.63) is 48.5 Å². The van der Waals surface area contributed by atoms with E-state index in [1.807, 2.05) is 31.2 Å². The predicted molar refractivity (Wildman–Crippen MR) is 91.2 cm³/mol. The third-order valence-electron chi connectivity index (χ3n) is 4.33. The normalized spacial score (nSPS) is 18.9. The van der Waals surface area contributed by atoms with Crippen LogP contribution in [0.1, 0.15) is 31.4 Å². The van der Waals surface area contributed by atoms with Gasteiger partial charge in [-0.1, -0.05) is 24.3 Å². The average Bonchev–Trinajstić information content (AvgIpc) is 2.62. The van der Waals surface area contributed by atoms with Gasteiger partial charge in [0.15, 0.2) is 0 Å². The van der Waals surface area contributed by atoms with E-state index in [1.165, 1.54) is 6.33 Å². The predicted octanol–water partition coefficient (Wildman–Crippen LogP) is 2.37. The molecule has 2 amide bonds. The number of aliphatic hydroxyl groups excluding tert-OH is 1. The summed E-state index contributed by atoms with van der Waals surface area (Å²) in [5.74, 6) is 0. The molecule has 126 valence electrons. The van der Waals surface area contributed by atoms with Crippen LogP contribution in [0.25, 0.3) is 11.1 Å². The number of rotatable bonds is 3. The zero-order valence-corrected chi connectivity index (χ0v) is 13.7. The Kier molecular flexibility index (Phi) is 5.05. The van der Waals surface area contributed by atoms with Crippen molar-refractivity contribution in [2.24, 2.45) is 0 Å². The number of urea groups is 1. The molecule has 0 spiro atoms. The number of aromatic nitrogens is 2. The molecule has 1 aromatic heterocycles. The summed E-state index contributed by atoms with van der Waals surface area (Å²) in [7, 11) is 0. The minimum absolute atomic E-state index is 0.0994. The molecule has 2 N–H and O–H groups in total. The molecule has 1 saturated heterocycles. The zero-order chi connectivity index (χ0) is 16.9. The van der Waals surface area contributed by atoms with Crippen LogP contribution in [0.2, 0.25) is 0 Å². The van der Waals surface area contributed by atoms with Gasteiger partial charge in [0.1, 0.15) is 6.33 Å². The molecule has 0 saturated carbocycles. The quantitative estimate of drug-likeness (QED) is 0.908. The van der Waals surface area contributed by atoms with Crippen LogP contribution in [0.4, 0.5) is 4.79 Å². The van der Waals surface area contributed by atoms with Crippen molar-refractivity contribution < 1.29 is 9.90 Å². The molecule has 6 heteroatoms. The van der Waals surface area contributed by atoms with Gasteiger partial charge in [-0.3, -0.25) is 0 Å². The Labute approximate surface area is 141 Å². The van der Waals surface area contributed by atoms with Crippen molar-refractivity contribution in [2.75, 3.05) is 13.1 Å². The topological polar surface area (TPSA) is 78.4 Å². The van der Waals surface area contributed by atoms with Gasteiger partial charge in [-0.05, 0) is 30.9 Å². The molecule has 1 fully saturated rings. The number of piperidine rings is 1. The third-order valence-corrected chi connectivity index (χ3v) is 4.33. The zero-order valence-electron chi connectivity index (χ0n) is 13.7. The number of nitrogens with zero attached hydrogens (tertiary/aromatic N) is 3. The van der Waals surface area contributed by atoms with Gasteiger partial charge in [0.25, 0.3) is 0 Å². The number of benzene rings is 1. The van der Waals surface area contributed by atoms with Gasteiger partial charge in [-0.15, -0.1) is 0 Å². The minimum Gasteiger partial charge on any atom is -0.391 e. The largest absolute Gasteiger partial charge is 0.391 e. The van der Waals surface area contributed by atoms with E-state index in [0.29, 0.717) is 13.1 Å². The van der Waals surface area contributed by atoms with Crippen LogP contribution in [-0.4, -0.2) is 45.2 Å². The highest BCUT2D eigenvalue weighted by atomic mass is 16.3. The lowest BCUT2D eigenvalue weighted by atomic mass is 10.0. The van der Waals surface area contributed by atoms with Gasteiger partial charge in [0.2, 0.25) is 0 Å². The molecule has 0 aliphatic carbocycles. The van der Waals surface area contributed by atoms with Crippen LogP contribution < -0.4 is 5.32 Å². The van der Waals surface area contributed by atoms with Gasteiger partial charge in [-0.25, -0.2) is 14.8 Å². The summed E-state index contributed by atoms with van der Waals surface area (Å²) in [6.45, 7) is 3.06. The number of nitrogens with one attached hydrogen (secondary N) is 1. The van der Waals surface area contributed by atoms with Crippen LogP contribution >= 0.6 is 0 Å². The van der Waals surface area contributed by atoms with Gasteiger partial charge >= 0.3 is 6.03 Å². The van der Waals surface area contributed by atoms with Crippen molar-refractivity contribution in [3.8, 4) is 11.1 Å². The number of likely N-dealkylation sites (tertiary alicyclic amines) is 1. The summed E-state index contributed by atoms with van der Waals surface area (Å²) in [5.41, 5.74) is 3.03. The number of hydrogen-bond acceptors (Lipinski definition) is 4. The molecule has 3 rings (SSSR count). The summed E-state index contributed by atoms with van der Waals surface area (Å²) in [5, 5.41) is 12.7. The molecule has 1 aromatic carbocycles. The first-order chi connectivity index (χ1) is 11.6. The highest BCUT2D eigenvalue weighted by Gasteiger charge is 2.23. The van der Waals surface area contributed by atoms with Gasteiger partial charge in [0, 0.05) is 31.0 Å². The van der Waals surface area contributed by atoms with Crippen LogP contribution in [0.3, 0.4) is 0 Å². The molecule has 2 unspecified atom stereocenters. The minimum atomic E-state index is -0.410. The Bertz CT molecular complexity index is 675. The van der Waals surface area contributed by atoms with E-state index >= 15 is 0 Å². The fraction of sp³-hybridized carbons (Fsp3) is 0.389. The maximum absolute atomic E-state index is 12.3. The first kappa shape index (κ1) is 16.4. The van der Waals surface area contributed by atoms with Gasteiger partial charge in [-0.2, -0.15) is 0 Å². The average molecular weight is 326 g/mol. The molecule has 1 aliphatic rings. The first-order valence-electron chi connectivity index (χ1n) is 8.22. The van der Waals surface area contributed by atoms with E-state index in [4.69, 9.17) is 0 Å². The second kappa shape index (κ2) is 7.40. The number of carbonyl (C=O) groups excluding carboxylic acids is 1. The van der Waals surface area contributed by atoms with Gasteiger partial charge in [0.05, 0.1) is 12.1 Å². The molecule has 24 heavy (non-hydrogen) atoms. The SMILES string of the molecule is CC(NC(=O)N1CCCC(O)C1)c1ccc(-c2cncnc2)cc1. The van der Waals surface area contributed by atoms with E-state index in [1.54, 1.807) is 17.3 Å². The Balaban J connectivity index is 1.62. The smallest absolute Gasteiger partial charge is 0.317 e. The molecule has 2 heterocycles. The summed E-state index contributed by atoms with van der Waals surface area (Å²) in [6.07, 6.45) is 6.25. The first-order valence-corrected chi connectivity index (χ1v) is 8.22. The monoisotopic (exact) mass is 326 g/mol. The lowest BCUT2D eigenvalue weighted by molar-refractivity contribution is 0.0835. The Morgan fingerprint density at radius 2 is 1.96 bits per heavy atom. The van der Waals surface area contributed by atoms with Crippen LogP contribution in [0.15, 0.2) is 43.0 Å². The van der Waals surface area contributed by atoms with Crippen LogP contribution in [0, 0.1) is 0 Å². The van der Waals surface area contributed by atoms with Crippen LogP contribution in [0.5, 0.6) is 0 Å². The molecular weight excluding hydrogens is 304 g/mol. The molecule has 6 nitrogen and oxygen atoms in total. The second-order valence-electron chi connectivity index (χ2n) is 6.16. The maximum Gasteiger partial charge on any atom is 0.317 e. The number of carbonyl (C=O) groups is 1. The Morgan fingerprint density at radius 3 is 2.62 bits per heavy atom. The van der Waals surface area contributed by atoms with E-state index in [9.17, 15) is 9.90 Å². The van der Waals surface area contributed by atoms with Crippen molar-refractivity contribution in [1.82, 2.24) is 20.2 Å². The fourth-order valence-corrected chi connectivity index (χ4v) is 2.91. The molecular formula is C18H22N4O2. The third kappa shape index (κ3) is 3.89. The lowest BCUT2D eigenvalue weighted by Crippen LogP contribution is -2.47. The van der Waals surface area contributed by atoms with Crippen molar-refractivity contribution >= 4 is 6.03 Å². The summed E-state index contributed by atoms with van der Waals surface area (Å²) in [6, 6.07) is 7.78. The van der Waals surface area contributed by atoms with Crippen molar-refractivity contribution in [3.63, 3.8) is 0 Å². The Morgan fingerprint density at radius 1 is 1.25 bits per heavy atom. The summed E-state index contributed by atoms with van der Waals surface area (Å²) < 4.78 is 0. The number of amides is 2. The summed E-state index contributed by atoms with van der Waals surface area (Å²) >= 11 is 0. The highest BCUT2D eigenvalue weighted by Crippen LogP contribution is 2.21. The van der Waals surface area contributed by atoms with E-state index in [0.717, 1.165) is 29.5 Å². The number of β-amino-alcohol motifs (C(OH)–C–C–N with tert-alkyl or cyclic N) is 1. The standard InChI is InChI=1S/C18H22N4O2/c1-13(21-18(24)22-8-2-3-17(23)11-22)14-4-6-15(7-5-14)16-9-19-12-20-10-16/h4-7,9-10,12-13,17,23H,2-3,8,11H2,1H3,(H,21,24). The molecule has 0 bridgehead atoms. The molecule has 1 aliphatic heterocycles. The molecule has 0 radical (unpaired) electrons. The van der Waals surface area contributed by atoms with Crippen molar-refractivity contribution in [1.29, 1.82) is 0 Å². The lowest BCUT2D eigenvalue weighted by Gasteiger charge is -2.31. The van der Waals surface area contributed by atoms with E-state index in [2.05, 4.69) is 15.3 Å². The van der Waals surface area contributed by atoms with Crippen LogP contribution in [-0.2, 0) is 0 Å². The highest BCUT2D eigenvalue weighted by molar-refractivity contribution is 5.75.